The van der Waals surface area contributed by atoms with Crippen LogP contribution in [0.15, 0.2) is 0 Å². The number of rotatable bonds is 2. The van der Waals surface area contributed by atoms with Crippen molar-refractivity contribution in [3.8, 4) is 0 Å². The van der Waals surface area contributed by atoms with Gasteiger partial charge >= 0.3 is 18.1 Å². The lowest BCUT2D eigenvalue weighted by atomic mass is 9.98. The molecule has 1 amide bonds. The van der Waals surface area contributed by atoms with Crippen molar-refractivity contribution in [2.24, 2.45) is 0 Å². The zero-order chi connectivity index (χ0) is 14.8. The molecular weight excluding hydrogens is 274 g/mol. The van der Waals surface area contributed by atoms with Crippen molar-refractivity contribution >= 4 is 11.9 Å². The average Bonchev–Trinajstić information content (AvgIpc) is 2.26. The number of halogens is 4. The molecule has 1 rings (SSSR count). The number of carbonyl (C=O) groups excluding carboxylic acids is 2. The number of alkyl halides is 4. The highest BCUT2D eigenvalue weighted by Gasteiger charge is 2.46. The molecule has 0 aromatic heterocycles. The van der Waals surface area contributed by atoms with Gasteiger partial charge in [0.1, 0.15) is 0 Å². The van der Waals surface area contributed by atoms with Gasteiger partial charge in [-0.3, -0.25) is 9.59 Å². The Balaban J connectivity index is 2.84. The fourth-order valence-corrected chi connectivity index (χ4v) is 1.71. The summed E-state index contributed by atoms with van der Waals surface area (Å²) in [5, 5.41) is 1.59. The number of nitrogens with one attached hydrogen (secondary N) is 1. The molecule has 4 atom stereocenters. The molecule has 1 saturated heterocycles. The molecule has 0 spiro atoms. The van der Waals surface area contributed by atoms with Gasteiger partial charge < -0.3 is 14.8 Å². The molecule has 1 fully saturated rings. The van der Waals surface area contributed by atoms with Crippen LogP contribution in [-0.4, -0.2) is 49.1 Å². The van der Waals surface area contributed by atoms with Gasteiger partial charge in [0, 0.05) is 6.92 Å². The van der Waals surface area contributed by atoms with Crippen LogP contribution < -0.4 is 5.32 Å². The van der Waals surface area contributed by atoms with Crippen molar-refractivity contribution in [1.29, 1.82) is 0 Å². The van der Waals surface area contributed by atoms with Crippen molar-refractivity contribution < 1.29 is 36.6 Å². The minimum absolute atomic E-state index is 0.419. The molecule has 0 aliphatic carbocycles. The Morgan fingerprint density at radius 1 is 1.37 bits per heavy atom. The first-order valence-corrected chi connectivity index (χ1v) is 5.43. The molecule has 5 nitrogen and oxygen atoms in total. The molecule has 1 heterocycles. The molecule has 0 saturated carbocycles. The van der Waals surface area contributed by atoms with Crippen molar-refractivity contribution in [3.05, 3.63) is 0 Å². The van der Waals surface area contributed by atoms with E-state index in [0.717, 1.165) is 6.92 Å². The third-order valence-electron chi connectivity index (χ3n) is 2.59. The van der Waals surface area contributed by atoms with E-state index in [4.69, 9.17) is 4.74 Å². The molecule has 1 N–H and O–H groups in total. The Labute approximate surface area is 106 Å². The largest absolute Gasteiger partial charge is 0.471 e. The van der Waals surface area contributed by atoms with E-state index in [1.807, 2.05) is 0 Å². The summed E-state index contributed by atoms with van der Waals surface area (Å²) < 4.78 is 59.5. The highest BCUT2D eigenvalue weighted by molar-refractivity contribution is 5.82. The maximum atomic E-state index is 13.5. The van der Waals surface area contributed by atoms with Crippen molar-refractivity contribution in [2.75, 3.05) is 6.61 Å². The lowest BCUT2D eigenvalue weighted by Crippen LogP contribution is -2.61. The second-order valence-corrected chi connectivity index (χ2v) is 4.13. The predicted octanol–water partition coefficient (Wildman–Crippen LogP) is 0.722. The van der Waals surface area contributed by atoms with Crippen molar-refractivity contribution in [3.63, 3.8) is 0 Å². The highest BCUT2D eigenvalue weighted by atomic mass is 19.4. The molecule has 0 bridgehead atoms. The van der Waals surface area contributed by atoms with Gasteiger partial charge in [-0.1, -0.05) is 0 Å². The number of hydrogen-bond acceptors (Lipinski definition) is 4. The Morgan fingerprint density at radius 3 is 2.42 bits per heavy atom. The summed E-state index contributed by atoms with van der Waals surface area (Å²) in [6.45, 7) is 1.93. The topological polar surface area (TPSA) is 64.6 Å². The molecule has 110 valence electrons. The SMILES string of the molecule is CC(=O)O[C@H]1[C@@H](NC(=O)C(F)(F)F)[C@@H](C)OC[C@@H]1F. The van der Waals surface area contributed by atoms with E-state index in [-0.39, 0.29) is 0 Å². The van der Waals surface area contributed by atoms with Gasteiger partial charge in [0.25, 0.3) is 0 Å². The molecular formula is C10H13F4NO4. The van der Waals surface area contributed by atoms with Gasteiger partial charge in [-0.05, 0) is 6.92 Å². The standard InChI is InChI=1S/C10H13F4NO4/c1-4-7(15-9(17)10(12,13)14)8(19-5(2)16)6(11)3-18-4/h4,6-8H,3H2,1-2H3,(H,15,17)/t4-,6+,7+,8-/m1/s1. The smallest absolute Gasteiger partial charge is 0.457 e. The zero-order valence-electron chi connectivity index (χ0n) is 10.2. The van der Waals surface area contributed by atoms with Crippen LogP contribution in [0.5, 0.6) is 0 Å². The fourth-order valence-electron chi connectivity index (χ4n) is 1.71. The van der Waals surface area contributed by atoms with Crippen LogP contribution in [-0.2, 0) is 19.1 Å². The van der Waals surface area contributed by atoms with E-state index in [1.54, 1.807) is 5.32 Å². The van der Waals surface area contributed by atoms with Crippen molar-refractivity contribution in [1.82, 2.24) is 5.32 Å². The number of hydrogen-bond donors (Lipinski definition) is 1. The summed E-state index contributed by atoms with van der Waals surface area (Å²) in [6, 6.07) is -1.40. The van der Waals surface area contributed by atoms with Crippen LogP contribution in [0.2, 0.25) is 0 Å². The summed E-state index contributed by atoms with van der Waals surface area (Å²) in [6.07, 6.45) is -9.34. The van der Waals surface area contributed by atoms with Gasteiger partial charge in [0.15, 0.2) is 12.3 Å². The normalized spacial score (nSPS) is 31.7. The molecule has 9 heteroatoms. The third kappa shape index (κ3) is 4.05. The number of esters is 1. The van der Waals surface area contributed by atoms with Gasteiger partial charge in [-0.15, -0.1) is 0 Å². The molecule has 0 aromatic rings. The molecule has 1 aliphatic heterocycles. The third-order valence-corrected chi connectivity index (χ3v) is 2.59. The van der Waals surface area contributed by atoms with Gasteiger partial charge in [-0.25, -0.2) is 4.39 Å². The van der Waals surface area contributed by atoms with E-state index in [1.165, 1.54) is 6.92 Å². The van der Waals surface area contributed by atoms with E-state index in [0.29, 0.717) is 0 Å². The maximum absolute atomic E-state index is 13.5. The molecule has 0 radical (unpaired) electrons. The van der Waals surface area contributed by atoms with E-state index >= 15 is 0 Å². The summed E-state index contributed by atoms with van der Waals surface area (Å²) in [7, 11) is 0. The summed E-state index contributed by atoms with van der Waals surface area (Å²) in [5.74, 6) is -3.09. The van der Waals surface area contributed by atoms with Crippen LogP contribution in [0.1, 0.15) is 13.8 Å². The summed E-state index contributed by atoms with van der Waals surface area (Å²) in [5.41, 5.74) is 0. The minimum atomic E-state index is -5.11. The van der Waals surface area contributed by atoms with E-state index in [2.05, 4.69) is 4.74 Å². The second-order valence-electron chi connectivity index (χ2n) is 4.13. The Hall–Kier alpha value is -1.38. The first kappa shape index (κ1) is 15.7. The molecule has 1 aliphatic rings. The zero-order valence-corrected chi connectivity index (χ0v) is 10.2. The quantitative estimate of drug-likeness (QED) is 0.600. The predicted molar refractivity (Wildman–Crippen MR) is 53.8 cm³/mol. The maximum Gasteiger partial charge on any atom is 0.471 e. The molecule has 19 heavy (non-hydrogen) atoms. The number of amides is 1. The monoisotopic (exact) mass is 287 g/mol. The van der Waals surface area contributed by atoms with Crippen LogP contribution in [0.3, 0.4) is 0 Å². The molecule has 0 aromatic carbocycles. The van der Waals surface area contributed by atoms with Crippen molar-refractivity contribution in [2.45, 2.75) is 44.4 Å². The lowest BCUT2D eigenvalue weighted by Gasteiger charge is -2.38. The summed E-state index contributed by atoms with van der Waals surface area (Å²) in [4.78, 5) is 21.7. The number of carbonyl (C=O) groups is 2. The van der Waals surface area contributed by atoms with Crippen LogP contribution in [0.4, 0.5) is 17.6 Å². The summed E-state index contributed by atoms with van der Waals surface area (Å²) >= 11 is 0. The Morgan fingerprint density at radius 2 is 1.95 bits per heavy atom. The van der Waals surface area contributed by atoms with Gasteiger partial charge in [-0.2, -0.15) is 13.2 Å². The Kier molecular flexibility index (Phi) is 4.72. The minimum Gasteiger partial charge on any atom is -0.457 e. The average molecular weight is 287 g/mol. The first-order valence-electron chi connectivity index (χ1n) is 5.43. The van der Waals surface area contributed by atoms with Crippen LogP contribution in [0, 0.1) is 0 Å². The number of ether oxygens (including phenoxy) is 2. The lowest BCUT2D eigenvalue weighted by molar-refractivity contribution is -0.184. The fraction of sp³-hybridized carbons (Fsp3) is 0.800. The van der Waals surface area contributed by atoms with E-state index in [9.17, 15) is 27.2 Å². The highest BCUT2D eigenvalue weighted by Crippen LogP contribution is 2.23. The van der Waals surface area contributed by atoms with E-state index < -0.39 is 49.1 Å². The second kappa shape index (κ2) is 5.72. The first-order chi connectivity index (χ1) is 8.62. The molecule has 0 unspecified atom stereocenters. The van der Waals surface area contributed by atoms with Gasteiger partial charge in [0.2, 0.25) is 0 Å². The van der Waals surface area contributed by atoms with Crippen LogP contribution in [0.25, 0.3) is 0 Å². The Bertz CT molecular complexity index is 360. The van der Waals surface area contributed by atoms with Gasteiger partial charge in [0.05, 0.1) is 18.8 Å². The van der Waals surface area contributed by atoms with Crippen LogP contribution >= 0.6 is 0 Å².